The van der Waals surface area contributed by atoms with Crippen molar-refractivity contribution in [2.75, 3.05) is 12.8 Å². The van der Waals surface area contributed by atoms with Gasteiger partial charge in [0.25, 0.3) is 5.91 Å². The van der Waals surface area contributed by atoms with Gasteiger partial charge in [-0.2, -0.15) is 4.98 Å². The Balaban J connectivity index is 1.73. The van der Waals surface area contributed by atoms with E-state index in [0.29, 0.717) is 22.3 Å². The molecule has 2 aromatic carbocycles. The molecule has 26 heavy (non-hydrogen) atoms. The van der Waals surface area contributed by atoms with Gasteiger partial charge in [0.05, 0.1) is 12.1 Å². The molecular formula is C19H18ClN3O2S. The molecule has 0 radical (unpaired) electrons. The Kier molecular flexibility index (Phi) is 5.96. The topological polar surface area (TPSA) is 59.2 Å². The molecule has 3 rings (SSSR count). The van der Waals surface area contributed by atoms with Crippen LogP contribution >= 0.6 is 23.4 Å². The average molecular weight is 388 g/mol. The van der Waals surface area contributed by atoms with Crippen molar-refractivity contribution in [3.8, 4) is 11.4 Å². The molecule has 1 amide bonds. The van der Waals surface area contributed by atoms with Crippen LogP contribution in [-0.4, -0.2) is 33.7 Å². The third kappa shape index (κ3) is 4.26. The predicted molar refractivity (Wildman–Crippen MR) is 103 cm³/mol. The minimum Gasteiger partial charge on any atom is -0.337 e. The first-order chi connectivity index (χ1) is 12.6. The third-order valence-electron chi connectivity index (χ3n) is 3.71. The molecule has 0 aliphatic carbocycles. The van der Waals surface area contributed by atoms with Crippen LogP contribution in [0.2, 0.25) is 5.02 Å². The monoisotopic (exact) mass is 387 g/mol. The molecule has 3 aromatic rings. The lowest BCUT2D eigenvalue weighted by molar-refractivity contribution is 0.0766. The summed E-state index contributed by atoms with van der Waals surface area (Å²) in [5.74, 6) is 1.68. The van der Waals surface area contributed by atoms with E-state index in [1.165, 1.54) is 0 Å². The molecule has 0 aliphatic rings. The van der Waals surface area contributed by atoms with Crippen LogP contribution in [0.5, 0.6) is 0 Å². The maximum atomic E-state index is 12.8. The summed E-state index contributed by atoms with van der Waals surface area (Å²) in [7, 11) is 1.72. The van der Waals surface area contributed by atoms with E-state index in [4.69, 9.17) is 16.1 Å². The summed E-state index contributed by atoms with van der Waals surface area (Å²) in [5.41, 5.74) is 1.49. The minimum absolute atomic E-state index is 0.0761. The molecule has 0 spiro atoms. The normalized spacial score (nSPS) is 10.7. The lowest BCUT2D eigenvalue weighted by Gasteiger charge is -2.16. The van der Waals surface area contributed by atoms with Gasteiger partial charge in [-0.1, -0.05) is 35.8 Å². The highest BCUT2D eigenvalue weighted by Gasteiger charge is 2.18. The highest BCUT2D eigenvalue weighted by molar-refractivity contribution is 7.99. The molecule has 134 valence electrons. The standard InChI is InChI=1S/C19H18ClN3O2S/c1-3-26-16-7-5-4-6-15(16)19(24)23(2)12-17-21-18(22-25-17)13-8-10-14(20)11-9-13/h4-11H,3,12H2,1-2H3. The van der Waals surface area contributed by atoms with Crippen LogP contribution < -0.4 is 0 Å². The largest absolute Gasteiger partial charge is 0.337 e. The number of thioether (sulfide) groups is 1. The molecule has 0 N–H and O–H groups in total. The van der Waals surface area contributed by atoms with Gasteiger partial charge in [-0.15, -0.1) is 11.8 Å². The van der Waals surface area contributed by atoms with Crippen LogP contribution in [0, 0.1) is 0 Å². The minimum atomic E-state index is -0.0761. The Bertz CT molecular complexity index is 896. The van der Waals surface area contributed by atoms with E-state index < -0.39 is 0 Å². The quantitative estimate of drug-likeness (QED) is 0.570. The smallest absolute Gasteiger partial charge is 0.255 e. The third-order valence-corrected chi connectivity index (χ3v) is 4.91. The number of amides is 1. The van der Waals surface area contributed by atoms with E-state index in [9.17, 15) is 4.79 Å². The number of hydrogen-bond donors (Lipinski definition) is 0. The van der Waals surface area contributed by atoms with Gasteiger partial charge in [-0.25, -0.2) is 0 Å². The van der Waals surface area contributed by atoms with E-state index in [2.05, 4.69) is 17.1 Å². The number of rotatable bonds is 6. The van der Waals surface area contributed by atoms with E-state index in [-0.39, 0.29) is 12.5 Å². The molecule has 7 heteroatoms. The number of aromatic nitrogens is 2. The van der Waals surface area contributed by atoms with Crippen LogP contribution in [-0.2, 0) is 6.54 Å². The van der Waals surface area contributed by atoms with Crippen molar-refractivity contribution in [3.05, 3.63) is 65.0 Å². The van der Waals surface area contributed by atoms with Gasteiger partial charge in [-0.3, -0.25) is 4.79 Å². The highest BCUT2D eigenvalue weighted by Crippen LogP contribution is 2.24. The van der Waals surface area contributed by atoms with Crippen molar-refractivity contribution >= 4 is 29.3 Å². The number of benzene rings is 2. The zero-order chi connectivity index (χ0) is 18.5. The summed E-state index contributed by atoms with van der Waals surface area (Å²) in [4.78, 5) is 19.7. The molecule has 1 aromatic heterocycles. The van der Waals surface area contributed by atoms with E-state index in [1.807, 2.05) is 36.4 Å². The van der Waals surface area contributed by atoms with Gasteiger partial charge in [0.15, 0.2) is 0 Å². The molecule has 0 fully saturated rings. The number of halogens is 1. The molecule has 0 unspecified atom stereocenters. The zero-order valence-corrected chi connectivity index (χ0v) is 16.0. The van der Waals surface area contributed by atoms with Gasteiger partial charge >= 0.3 is 0 Å². The molecular weight excluding hydrogens is 370 g/mol. The first-order valence-electron chi connectivity index (χ1n) is 8.14. The molecule has 0 bridgehead atoms. The Hall–Kier alpha value is -2.31. The fourth-order valence-electron chi connectivity index (χ4n) is 2.44. The van der Waals surface area contributed by atoms with Crippen LogP contribution in [0.15, 0.2) is 57.9 Å². The molecule has 1 heterocycles. The van der Waals surface area contributed by atoms with Gasteiger partial charge in [-0.05, 0) is 42.2 Å². The maximum Gasteiger partial charge on any atom is 0.255 e. The van der Waals surface area contributed by atoms with Crippen molar-refractivity contribution in [1.82, 2.24) is 15.0 Å². The van der Waals surface area contributed by atoms with Crippen molar-refractivity contribution in [1.29, 1.82) is 0 Å². The number of carbonyl (C=O) groups excluding carboxylic acids is 1. The Labute approximate surface area is 161 Å². The molecule has 0 aliphatic heterocycles. The molecule has 0 saturated heterocycles. The molecule has 5 nitrogen and oxygen atoms in total. The second kappa shape index (κ2) is 8.38. The van der Waals surface area contributed by atoms with Gasteiger partial charge < -0.3 is 9.42 Å². The fraction of sp³-hybridized carbons (Fsp3) is 0.211. The summed E-state index contributed by atoms with van der Waals surface area (Å²) in [6, 6.07) is 14.8. The number of nitrogens with zero attached hydrogens (tertiary/aromatic N) is 3. The fourth-order valence-corrected chi connectivity index (χ4v) is 3.36. The van der Waals surface area contributed by atoms with Crippen LogP contribution in [0.25, 0.3) is 11.4 Å². The van der Waals surface area contributed by atoms with Crippen LogP contribution in [0.1, 0.15) is 23.2 Å². The summed E-state index contributed by atoms with van der Waals surface area (Å²) in [5, 5.41) is 4.62. The number of hydrogen-bond acceptors (Lipinski definition) is 5. The first-order valence-corrected chi connectivity index (χ1v) is 9.50. The zero-order valence-electron chi connectivity index (χ0n) is 14.5. The lowest BCUT2D eigenvalue weighted by Crippen LogP contribution is -2.26. The van der Waals surface area contributed by atoms with Crippen molar-refractivity contribution in [2.24, 2.45) is 0 Å². The van der Waals surface area contributed by atoms with E-state index in [1.54, 1.807) is 35.8 Å². The summed E-state index contributed by atoms with van der Waals surface area (Å²) in [6.45, 7) is 2.30. The number of carbonyl (C=O) groups is 1. The van der Waals surface area contributed by atoms with Crippen molar-refractivity contribution in [2.45, 2.75) is 18.4 Å². The summed E-state index contributed by atoms with van der Waals surface area (Å²) >= 11 is 7.54. The molecule has 0 atom stereocenters. The summed E-state index contributed by atoms with van der Waals surface area (Å²) < 4.78 is 5.29. The van der Waals surface area contributed by atoms with Crippen molar-refractivity contribution < 1.29 is 9.32 Å². The maximum absolute atomic E-state index is 12.8. The van der Waals surface area contributed by atoms with E-state index >= 15 is 0 Å². The summed E-state index contributed by atoms with van der Waals surface area (Å²) in [6.07, 6.45) is 0. The average Bonchev–Trinajstić information content (AvgIpc) is 3.11. The first kappa shape index (κ1) is 18.5. The van der Waals surface area contributed by atoms with Gasteiger partial charge in [0, 0.05) is 22.5 Å². The highest BCUT2D eigenvalue weighted by atomic mass is 35.5. The lowest BCUT2D eigenvalue weighted by atomic mass is 10.2. The van der Waals surface area contributed by atoms with Crippen molar-refractivity contribution in [3.63, 3.8) is 0 Å². The van der Waals surface area contributed by atoms with Gasteiger partial charge in [0.1, 0.15) is 0 Å². The molecule has 0 saturated carbocycles. The van der Waals surface area contributed by atoms with Gasteiger partial charge in [0.2, 0.25) is 11.7 Å². The SMILES string of the molecule is CCSc1ccccc1C(=O)N(C)Cc1nc(-c2ccc(Cl)cc2)no1. The second-order valence-corrected chi connectivity index (χ2v) is 7.35. The Morgan fingerprint density at radius 3 is 2.65 bits per heavy atom. The van der Waals surface area contributed by atoms with Crippen LogP contribution in [0.3, 0.4) is 0 Å². The Morgan fingerprint density at radius 2 is 1.92 bits per heavy atom. The van der Waals surface area contributed by atoms with Crippen LogP contribution in [0.4, 0.5) is 0 Å². The van der Waals surface area contributed by atoms with E-state index in [0.717, 1.165) is 16.2 Å². The second-order valence-electron chi connectivity index (χ2n) is 5.61. The Morgan fingerprint density at radius 1 is 1.19 bits per heavy atom. The predicted octanol–water partition coefficient (Wildman–Crippen LogP) is 4.77.